The van der Waals surface area contributed by atoms with E-state index in [2.05, 4.69) is 97.9 Å². The van der Waals surface area contributed by atoms with E-state index in [4.69, 9.17) is 63.5 Å². The Labute approximate surface area is 825 Å². The summed E-state index contributed by atoms with van der Waals surface area (Å²) < 4.78 is 172. The van der Waals surface area contributed by atoms with Crippen molar-refractivity contribution in [1.82, 2.24) is 0 Å². The molecular formula is C94H161NO39S5. The second kappa shape index (κ2) is 86.6. The van der Waals surface area contributed by atoms with Crippen molar-refractivity contribution in [1.29, 1.82) is 0 Å². The molecule has 0 unspecified atom stereocenters. The highest BCUT2D eigenvalue weighted by atomic mass is 32.2. The van der Waals surface area contributed by atoms with Gasteiger partial charge < -0.3 is 64.5 Å². The molecule has 0 saturated heterocycles. The summed E-state index contributed by atoms with van der Waals surface area (Å²) in [4.78, 5) is 141. The van der Waals surface area contributed by atoms with Crippen molar-refractivity contribution in [2.75, 3.05) is 102 Å². The second-order valence-electron chi connectivity index (χ2n) is 33.3. The monoisotopic (exact) mass is 2090 g/mol. The number of ketones is 7. The van der Waals surface area contributed by atoms with E-state index in [1.807, 2.05) is 13.8 Å². The molecule has 0 aromatic heterocycles. The standard InChI is InChI=1S/C12H20O3.C11H18O2.C9H16O4S.C9H16O2.C8H14O5S.C8H14O2.C7H12O5S.C7H12O2.C6H11NO2.C6H10O5S.C6H10O2.C5H8O5S/c1-9(2)12(14)15-8-11-5-3-10(7-13)4-6-11;1-8(2)10(13)7-11(4,5)6-9(3)12;1-7(2)8(10)5-9(3,4)6-14(11,12)13;1-8(2)9(11)6-4-3-5-7-10;1-7(2)8(9)13-5-3-4-6-14(10,11)12;1-7(2)8(10)5-3-4-6-9;1-6(2)7(8)12-4-3-5-13(9,10)11;1-6(2)7(9)4-3-5-8;1-5(2)6(8)9-4-3-7;1-5(2)6(7)11-3-4-12(8,9)10;1-5(2)6(8)3-4-7;1-4(2)5(6)10-3-11(7,8)9/h10-11,13H,1,3-8H2,2H3;1,6-7H2,2-5H3;1,5-6H2,2-4H3,(H,11,12,13);10H,1,3-7H2,2H3;1,3-6H2,2H3,(H,10,11,12);9H,1,3-6H2,2H3;1,3-5H2,2H3,(H,9,10,11);8H,1,3-5H2,2H3;1,3-4,7H2,2H3;1,3-4H2,2H3,(H,8,9,10);7H,1,3-4H2,2H3;1,3H2,2H3,(H,7,8,9). The Hall–Kier alpha value is -9.30. The summed E-state index contributed by atoms with van der Waals surface area (Å²) in [5.74, 6) is -4.84. The quantitative estimate of drug-likeness (QED) is 0.00886. The maximum absolute atomic E-state index is 11.3. The highest BCUT2D eigenvalue weighted by molar-refractivity contribution is 7.86. The third kappa shape index (κ3) is 125. The Bertz CT molecular complexity index is 4530. The lowest BCUT2D eigenvalue weighted by molar-refractivity contribution is -0.141. The molecule has 0 aromatic rings. The molecule has 0 spiro atoms. The molecule has 1 aliphatic carbocycles. The van der Waals surface area contributed by atoms with Gasteiger partial charge in [-0.2, -0.15) is 42.1 Å². The first-order valence-electron chi connectivity index (χ1n) is 43.2. The summed E-state index contributed by atoms with van der Waals surface area (Å²) >= 11 is 0. The number of nitrogens with two attached hydrogens (primary N) is 1. The van der Waals surface area contributed by atoms with Crippen LogP contribution in [0.3, 0.4) is 0 Å². The van der Waals surface area contributed by atoms with Crippen molar-refractivity contribution >= 4 is 127 Å². The molecule has 0 heterocycles. The number of carbonyl (C=O) groups excluding carboxylic acids is 13. The number of aliphatic hydroxyl groups excluding tert-OH is 5. The summed E-state index contributed by atoms with van der Waals surface area (Å²) in [6, 6.07) is 0. The van der Waals surface area contributed by atoms with E-state index in [1.54, 1.807) is 76.2 Å². The fourth-order valence-corrected chi connectivity index (χ4v) is 11.3. The molecule has 0 atom stereocenters. The molecule has 1 saturated carbocycles. The van der Waals surface area contributed by atoms with Crippen LogP contribution in [0.2, 0.25) is 0 Å². The lowest BCUT2D eigenvalue weighted by Crippen LogP contribution is -2.26. The summed E-state index contributed by atoms with van der Waals surface area (Å²) in [5, 5.41) is 42.3. The molecule has 1 fully saturated rings. The van der Waals surface area contributed by atoms with Gasteiger partial charge in [-0.05, 0) is 223 Å². The predicted molar refractivity (Wildman–Crippen MR) is 533 cm³/mol. The van der Waals surface area contributed by atoms with Gasteiger partial charge in [0.1, 0.15) is 24.7 Å². The average molecular weight is 2090 g/mol. The molecule has 12 N–H and O–H groups in total. The minimum absolute atomic E-state index is 0.0362. The smallest absolute Gasteiger partial charge is 0.334 e. The predicted octanol–water partition coefficient (Wildman–Crippen LogP) is 11.4. The van der Waals surface area contributed by atoms with Crippen LogP contribution in [-0.4, -0.2) is 268 Å². The first-order chi connectivity index (χ1) is 63.1. The van der Waals surface area contributed by atoms with Crippen LogP contribution in [0.1, 0.15) is 246 Å². The van der Waals surface area contributed by atoms with Crippen molar-refractivity contribution in [3.63, 3.8) is 0 Å². The number of rotatable bonds is 53. The number of allylic oxidation sites excluding steroid dienone is 6. The highest BCUT2D eigenvalue weighted by Gasteiger charge is 2.29. The second-order valence-corrected chi connectivity index (χ2v) is 40.8. The molecule has 0 bridgehead atoms. The van der Waals surface area contributed by atoms with Gasteiger partial charge in [0.15, 0.2) is 34.7 Å². The van der Waals surface area contributed by atoms with Crippen LogP contribution >= 0.6 is 0 Å². The lowest BCUT2D eigenvalue weighted by atomic mass is 9.81. The molecule has 40 nitrogen and oxygen atoms in total. The van der Waals surface area contributed by atoms with Gasteiger partial charge in [0.05, 0.1) is 43.7 Å². The van der Waals surface area contributed by atoms with Gasteiger partial charge in [0.2, 0.25) is 5.94 Å². The number of hydrogen-bond acceptors (Lipinski definition) is 35. The number of carbonyl (C=O) groups is 13. The Morgan fingerprint density at radius 3 is 0.871 bits per heavy atom. The van der Waals surface area contributed by atoms with Crippen molar-refractivity contribution in [3.8, 4) is 0 Å². The molecule has 1 aliphatic rings. The molecule has 806 valence electrons. The largest absolute Gasteiger partial charge is 0.462 e. The summed E-state index contributed by atoms with van der Waals surface area (Å²) in [6.45, 7) is 70.5. The normalized spacial score (nSPS) is 12.1. The van der Waals surface area contributed by atoms with E-state index in [0.717, 1.165) is 51.4 Å². The van der Waals surface area contributed by atoms with E-state index in [0.29, 0.717) is 127 Å². The molecule has 0 aromatic carbocycles. The first kappa shape index (κ1) is 152. The third-order valence-corrected chi connectivity index (χ3v) is 19.9. The number of ether oxygens (including phenoxy) is 6. The zero-order chi connectivity index (χ0) is 112. The molecule has 139 heavy (non-hydrogen) atoms. The Morgan fingerprint density at radius 2 is 0.576 bits per heavy atom. The average Bonchev–Trinajstić information content (AvgIpc) is 0.869. The maximum atomic E-state index is 11.3. The SMILES string of the molecule is C=C(C)C(=O)CC(C)(C)CC(C)=O.C=C(C)C(=O)CC(C)(C)CS(=O)(=O)O.C=C(C)C(=O)CCCCCO.C=C(C)C(=O)CCCCO.C=C(C)C(=O)CCCO.C=C(C)C(=O)CCO.C=C(C)C(=O)OCC1CCC(CO)CC1.C=C(C)C(=O)OCCCCS(=O)(=O)O.C=C(C)C(=O)OCCCS(=O)(=O)O.C=C(C)C(=O)OCCN.C=C(C)C(=O)OCCS(=O)(=O)O.C=C(C)C(=O)OCS(=O)(=O)O. The van der Waals surface area contributed by atoms with Crippen LogP contribution in [-0.2, 0) is 141 Å². The third-order valence-electron chi connectivity index (χ3n) is 16.0. The molecule has 1 rings (SSSR count). The van der Waals surface area contributed by atoms with Crippen LogP contribution < -0.4 is 5.73 Å². The molecule has 0 amide bonds. The van der Waals surface area contributed by atoms with Crippen LogP contribution in [0.25, 0.3) is 0 Å². The zero-order valence-corrected chi connectivity index (χ0v) is 88.6. The summed E-state index contributed by atoms with van der Waals surface area (Å²) in [5.41, 5.74) is 9.05. The Kier molecular flexibility index (Phi) is 95.0. The fraction of sp³-hybridized carbons (Fsp3) is 0.606. The van der Waals surface area contributed by atoms with E-state index in [-0.39, 0.29) is 165 Å². The molecule has 45 heteroatoms. The highest BCUT2D eigenvalue weighted by Crippen LogP contribution is 2.29. The molecular weight excluding hydrogens is 1930 g/mol. The minimum Gasteiger partial charge on any atom is -0.462 e. The number of aliphatic hydroxyl groups is 5. The topological polar surface area (TPSA) is 676 Å². The van der Waals surface area contributed by atoms with Crippen LogP contribution in [0.5, 0.6) is 0 Å². The van der Waals surface area contributed by atoms with Gasteiger partial charge in [-0.1, -0.05) is 113 Å². The summed E-state index contributed by atoms with van der Waals surface area (Å²) in [7, 11) is -20.2. The van der Waals surface area contributed by atoms with Crippen molar-refractivity contribution in [3.05, 3.63) is 146 Å². The van der Waals surface area contributed by atoms with Crippen molar-refractivity contribution in [2.45, 2.75) is 246 Å². The van der Waals surface area contributed by atoms with E-state index in [1.165, 1.54) is 27.7 Å². The lowest BCUT2D eigenvalue weighted by Gasteiger charge is -2.26. The number of Topliss-reactive ketones (excluding diaryl/α,β-unsaturated/α-hetero) is 7. The van der Waals surface area contributed by atoms with Gasteiger partial charge in [-0.3, -0.25) is 51.5 Å². The zero-order valence-electron chi connectivity index (χ0n) is 84.5. The fourth-order valence-electron chi connectivity index (χ4n) is 8.61. The van der Waals surface area contributed by atoms with Crippen molar-refractivity contribution < 1.29 is 181 Å². The van der Waals surface area contributed by atoms with Crippen LogP contribution in [0.15, 0.2) is 146 Å². The van der Waals surface area contributed by atoms with Gasteiger partial charge in [0, 0.05) is 111 Å². The Balaban J connectivity index is -0.000000143. The van der Waals surface area contributed by atoms with Crippen LogP contribution in [0, 0.1) is 22.7 Å². The molecule has 0 aliphatic heterocycles. The minimum atomic E-state index is -4.24. The van der Waals surface area contributed by atoms with Crippen molar-refractivity contribution in [2.24, 2.45) is 28.4 Å². The number of esters is 6. The van der Waals surface area contributed by atoms with Gasteiger partial charge in [0.25, 0.3) is 40.5 Å². The first-order valence-corrected chi connectivity index (χ1v) is 51.2. The van der Waals surface area contributed by atoms with E-state index >= 15 is 0 Å². The van der Waals surface area contributed by atoms with E-state index in [9.17, 15) is 104 Å². The number of hydrogen-bond donors (Lipinski definition) is 11. The van der Waals surface area contributed by atoms with Gasteiger partial charge >= 0.3 is 45.9 Å². The van der Waals surface area contributed by atoms with E-state index < -0.39 is 103 Å². The van der Waals surface area contributed by atoms with Gasteiger partial charge in [-0.25, -0.2) is 28.8 Å². The summed E-state index contributed by atoms with van der Waals surface area (Å²) in [6.07, 6.45) is 12.2. The Morgan fingerprint density at radius 1 is 0.288 bits per heavy atom. The number of unbranched alkanes of at least 4 members (excludes halogenated alkanes) is 4. The maximum Gasteiger partial charge on any atom is 0.334 e. The van der Waals surface area contributed by atoms with Crippen LogP contribution in [0.4, 0.5) is 0 Å². The molecule has 0 radical (unpaired) electrons. The van der Waals surface area contributed by atoms with Gasteiger partial charge in [-0.15, -0.1) is 0 Å².